The molecule has 0 aliphatic carbocycles. The summed E-state index contributed by atoms with van der Waals surface area (Å²) in [6.07, 6.45) is -5.17. The first-order valence-corrected chi connectivity index (χ1v) is 20.0. The lowest BCUT2D eigenvalue weighted by Crippen LogP contribution is -2.53. The highest BCUT2D eigenvalue weighted by molar-refractivity contribution is 5.93. The molecule has 0 aromatic rings. The molecule has 2 amide bonds. The Morgan fingerprint density at radius 3 is 1.42 bits per heavy atom. The van der Waals surface area contributed by atoms with Gasteiger partial charge in [0, 0.05) is 65.4 Å². The Kier molecular flexibility index (Phi) is 22.5. The maximum Gasteiger partial charge on any atom is 0.454 e. The van der Waals surface area contributed by atoms with Crippen molar-refractivity contribution >= 4 is 41.7 Å². The molecule has 346 valence electrons. The Morgan fingerprint density at radius 1 is 0.567 bits per heavy atom. The lowest BCUT2D eigenvalue weighted by molar-refractivity contribution is -0.186. The summed E-state index contributed by atoms with van der Waals surface area (Å²) < 4.78 is 64.0. The second kappa shape index (κ2) is 25.0. The minimum absolute atomic E-state index is 0.0523. The van der Waals surface area contributed by atoms with E-state index in [0.29, 0.717) is 45.4 Å². The van der Waals surface area contributed by atoms with Crippen LogP contribution >= 0.6 is 0 Å². The summed E-state index contributed by atoms with van der Waals surface area (Å²) in [4.78, 5) is 95.4. The average molecular weight is 869 g/mol. The number of alkyl halides is 3. The van der Waals surface area contributed by atoms with E-state index in [-0.39, 0.29) is 71.2 Å². The molecule has 0 saturated carbocycles. The van der Waals surface area contributed by atoms with Crippen LogP contribution in [0.1, 0.15) is 81.1 Å². The summed E-state index contributed by atoms with van der Waals surface area (Å²) in [5.41, 5.74) is -3.84. The number of Topliss-reactive ketones (excluding diaryl/α,β-unsaturated/α-hetero) is 1. The zero-order valence-corrected chi connectivity index (χ0v) is 36.9. The minimum atomic E-state index is -5.16. The molecule has 0 spiro atoms. The first-order valence-electron chi connectivity index (χ1n) is 20.0. The molecule has 2 N–H and O–H groups in total. The summed E-state index contributed by atoms with van der Waals surface area (Å²) >= 11 is 0. The molecule has 1 unspecified atom stereocenters. The fourth-order valence-electron chi connectivity index (χ4n) is 5.95. The summed E-state index contributed by atoms with van der Waals surface area (Å²) in [6.45, 7) is 14.7. The highest BCUT2D eigenvalue weighted by Gasteiger charge is 2.50. The van der Waals surface area contributed by atoms with Crippen LogP contribution in [-0.4, -0.2) is 190 Å². The first-order chi connectivity index (χ1) is 27.7. The van der Waals surface area contributed by atoms with E-state index in [4.69, 9.17) is 18.9 Å². The second-order valence-electron chi connectivity index (χ2n) is 16.9. The van der Waals surface area contributed by atoms with Gasteiger partial charge in [-0.05, 0) is 74.7 Å². The molecular weight excluding hydrogens is 801 g/mol. The predicted molar refractivity (Wildman–Crippen MR) is 212 cm³/mol. The third-order valence-corrected chi connectivity index (χ3v) is 8.88. The number of unbranched alkanes of at least 4 members (excludes halogenated alkanes) is 2. The maximum atomic E-state index is 13.2. The number of halogens is 3. The van der Waals surface area contributed by atoms with Crippen LogP contribution in [0.5, 0.6) is 0 Å². The maximum absolute atomic E-state index is 13.2. The van der Waals surface area contributed by atoms with Crippen molar-refractivity contribution in [2.45, 2.75) is 110 Å². The number of amides is 2. The van der Waals surface area contributed by atoms with Crippen molar-refractivity contribution in [2.24, 2.45) is 0 Å². The Labute approximate surface area is 351 Å². The molecule has 0 radical (unpaired) electrons. The number of ether oxygens (including phenoxy) is 5. The van der Waals surface area contributed by atoms with Gasteiger partial charge in [-0.1, -0.05) is 0 Å². The monoisotopic (exact) mass is 868 g/mol. The molecule has 1 fully saturated rings. The molecule has 18 nitrogen and oxygen atoms in total. The van der Waals surface area contributed by atoms with E-state index < -0.39 is 64.8 Å². The molecule has 0 aromatic heterocycles. The SMILES string of the molecule is COC(=O)CC(C(=O)OC)N1CCN(CC(=O)NCCCCCNC(=O)OC(C)(C)C(=O)C(F)(F)F)CCN(CC(=O)OC(C)(C)C)CCN(CC(=O)OC(C)(C)C)CC1. The number of alkyl carbamates (subject to hydrolysis) is 1. The largest absolute Gasteiger partial charge is 0.469 e. The number of esters is 4. The normalized spacial score (nSPS) is 16.6. The highest BCUT2D eigenvalue weighted by atomic mass is 19.4. The zero-order valence-electron chi connectivity index (χ0n) is 36.9. The molecule has 1 heterocycles. The van der Waals surface area contributed by atoms with E-state index in [1.165, 1.54) is 14.2 Å². The van der Waals surface area contributed by atoms with Gasteiger partial charge in [0.15, 0.2) is 5.60 Å². The number of rotatable bonds is 18. The topological polar surface area (TPSA) is 203 Å². The van der Waals surface area contributed by atoms with Crippen molar-refractivity contribution in [2.75, 3.05) is 99.3 Å². The van der Waals surface area contributed by atoms with Gasteiger partial charge in [-0.3, -0.25) is 48.4 Å². The van der Waals surface area contributed by atoms with Crippen LogP contribution in [0.4, 0.5) is 18.0 Å². The number of hydrogen-bond donors (Lipinski definition) is 2. The van der Waals surface area contributed by atoms with Crippen molar-refractivity contribution in [1.29, 1.82) is 0 Å². The third-order valence-electron chi connectivity index (χ3n) is 8.88. The van der Waals surface area contributed by atoms with Crippen molar-refractivity contribution in [1.82, 2.24) is 30.2 Å². The zero-order chi connectivity index (χ0) is 45.9. The van der Waals surface area contributed by atoms with Crippen LogP contribution in [0.3, 0.4) is 0 Å². The van der Waals surface area contributed by atoms with Crippen LogP contribution in [0.15, 0.2) is 0 Å². The van der Waals surface area contributed by atoms with E-state index in [1.54, 1.807) is 46.4 Å². The van der Waals surface area contributed by atoms with Gasteiger partial charge >= 0.3 is 36.1 Å². The quantitative estimate of drug-likeness (QED) is 0.115. The first kappa shape index (κ1) is 53.9. The summed E-state index contributed by atoms with van der Waals surface area (Å²) in [5.74, 6) is -4.69. The molecule has 1 saturated heterocycles. The number of nitrogens with one attached hydrogen (secondary N) is 2. The molecule has 0 bridgehead atoms. The van der Waals surface area contributed by atoms with Crippen LogP contribution in [-0.2, 0) is 52.5 Å². The van der Waals surface area contributed by atoms with Gasteiger partial charge in [0.25, 0.3) is 5.78 Å². The molecule has 21 heteroatoms. The Balaban J connectivity index is 3.10. The van der Waals surface area contributed by atoms with Crippen LogP contribution in [0, 0.1) is 0 Å². The Hall–Kier alpha value is -4.08. The molecule has 1 atom stereocenters. The van der Waals surface area contributed by atoms with Gasteiger partial charge in [0.2, 0.25) is 5.91 Å². The second-order valence-corrected chi connectivity index (χ2v) is 16.9. The molecular formula is C39H67F3N6O12. The van der Waals surface area contributed by atoms with Crippen LogP contribution in [0.25, 0.3) is 0 Å². The fraction of sp³-hybridized carbons (Fsp3) is 0.821. The predicted octanol–water partition coefficient (Wildman–Crippen LogP) is 1.92. The lowest BCUT2D eigenvalue weighted by Gasteiger charge is -2.36. The number of methoxy groups -OCH3 is 2. The highest BCUT2D eigenvalue weighted by Crippen LogP contribution is 2.26. The van der Waals surface area contributed by atoms with Gasteiger partial charge in [-0.2, -0.15) is 13.2 Å². The number of ketones is 1. The summed E-state index contributed by atoms with van der Waals surface area (Å²) in [6, 6.07) is -1.03. The average Bonchev–Trinajstić information content (AvgIpc) is 3.10. The van der Waals surface area contributed by atoms with E-state index in [2.05, 4.69) is 15.4 Å². The van der Waals surface area contributed by atoms with Gasteiger partial charge < -0.3 is 34.3 Å². The Bertz CT molecular complexity index is 1430. The molecule has 1 rings (SSSR count). The fourth-order valence-corrected chi connectivity index (χ4v) is 5.95. The van der Waals surface area contributed by atoms with Crippen molar-refractivity contribution < 1.29 is 70.4 Å². The minimum Gasteiger partial charge on any atom is -0.469 e. The van der Waals surface area contributed by atoms with Gasteiger partial charge in [0.1, 0.15) is 17.2 Å². The van der Waals surface area contributed by atoms with Crippen molar-refractivity contribution in [3.63, 3.8) is 0 Å². The van der Waals surface area contributed by atoms with Gasteiger partial charge in [0.05, 0.1) is 40.3 Å². The standard InChI is InChI=1S/C39H67F3N6O12/c1-36(2,3)58-31(51)26-46-17-16-45(25-29(49)43-14-12-11-13-15-44-35(55)60-38(7,8)34(54)39(40,41)42)20-22-48(28(33(53)57-10)24-30(50)56-9)23-21-47(19-18-46)27-32(52)59-37(4,5)6/h28H,11-27H2,1-10H3,(H,43,49)(H,44,55). The molecule has 1 aliphatic heterocycles. The van der Waals surface area contributed by atoms with Crippen LogP contribution < -0.4 is 10.6 Å². The summed E-state index contributed by atoms with van der Waals surface area (Å²) in [7, 11) is 2.42. The number of carbonyl (C=O) groups is 7. The van der Waals surface area contributed by atoms with Crippen LogP contribution in [0.2, 0.25) is 0 Å². The van der Waals surface area contributed by atoms with Crippen molar-refractivity contribution in [3.05, 3.63) is 0 Å². The molecule has 0 aromatic carbocycles. The summed E-state index contributed by atoms with van der Waals surface area (Å²) in [5, 5.41) is 5.17. The van der Waals surface area contributed by atoms with E-state index >= 15 is 0 Å². The molecule has 60 heavy (non-hydrogen) atoms. The lowest BCUT2D eigenvalue weighted by atomic mass is 10.0. The van der Waals surface area contributed by atoms with E-state index in [9.17, 15) is 46.7 Å². The van der Waals surface area contributed by atoms with E-state index in [1.807, 2.05) is 14.7 Å². The Morgan fingerprint density at radius 2 is 1.00 bits per heavy atom. The molecule has 1 aliphatic rings. The number of hydrogen-bond acceptors (Lipinski definition) is 16. The number of nitrogens with zero attached hydrogens (tertiary/aromatic N) is 4. The van der Waals surface area contributed by atoms with Crippen molar-refractivity contribution in [3.8, 4) is 0 Å². The van der Waals surface area contributed by atoms with E-state index in [0.717, 1.165) is 13.8 Å². The number of carbonyl (C=O) groups excluding carboxylic acids is 7. The third kappa shape index (κ3) is 23.1. The smallest absolute Gasteiger partial charge is 0.454 e. The van der Waals surface area contributed by atoms with Gasteiger partial charge in [-0.25, -0.2) is 4.79 Å². The van der Waals surface area contributed by atoms with Gasteiger partial charge in [-0.15, -0.1) is 0 Å².